The number of aryl methyl sites for hydroxylation is 1. The minimum absolute atomic E-state index is 0.0197. The van der Waals surface area contributed by atoms with Crippen LogP contribution in [0.4, 0.5) is 5.69 Å². The van der Waals surface area contributed by atoms with Gasteiger partial charge in [-0.3, -0.25) is 4.79 Å². The van der Waals surface area contributed by atoms with E-state index < -0.39 is 10.0 Å². The second kappa shape index (κ2) is 9.34. The van der Waals surface area contributed by atoms with Crippen LogP contribution in [0.2, 0.25) is 0 Å². The molecule has 0 bridgehead atoms. The fraction of sp³-hybridized carbons (Fsp3) is 0.409. The van der Waals surface area contributed by atoms with Gasteiger partial charge in [0, 0.05) is 24.3 Å². The highest BCUT2D eigenvalue weighted by Gasteiger charge is 2.25. The third-order valence-corrected chi connectivity index (χ3v) is 6.90. The first-order chi connectivity index (χ1) is 13.5. The lowest BCUT2D eigenvalue weighted by molar-refractivity contribution is 0.102. The van der Waals surface area contributed by atoms with Gasteiger partial charge in [-0.25, -0.2) is 12.7 Å². The van der Waals surface area contributed by atoms with Crippen LogP contribution in [0.25, 0.3) is 0 Å². The van der Waals surface area contributed by atoms with E-state index in [-0.39, 0.29) is 11.7 Å². The smallest absolute Gasteiger partial charge is 0.255 e. The average Bonchev–Trinajstić information content (AvgIpc) is 3.24. The molecule has 28 heavy (non-hydrogen) atoms. The first kappa shape index (κ1) is 20.6. The topological polar surface area (TPSA) is 66.5 Å². The van der Waals surface area contributed by atoms with Gasteiger partial charge < -0.3 is 5.32 Å². The number of unbranched alkanes of at least 4 members (excludes halogenated alkanes) is 1. The Kier molecular flexibility index (Phi) is 6.86. The summed E-state index contributed by atoms with van der Waals surface area (Å²) in [5.74, 6) is -0.219. The van der Waals surface area contributed by atoms with Crippen LogP contribution in [0.15, 0.2) is 48.5 Å². The highest BCUT2D eigenvalue weighted by molar-refractivity contribution is 7.88. The van der Waals surface area contributed by atoms with E-state index >= 15 is 0 Å². The van der Waals surface area contributed by atoms with Gasteiger partial charge in [-0.05, 0) is 61.1 Å². The van der Waals surface area contributed by atoms with Crippen molar-refractivity contribution < 1.29 is 13.2 Å². The molecule has 150 valence electrons. The number of anilines is 1. The van der Waals surface area contributed by atoms with Crippen LogP contribution in [0.1, 0.15) is 54.1 Å². The molecule has 1 fully saturated rings. The van der Waals surface area contributed by atoms with Crippen molar-refractivity contribution in [2.45, 2.75) is 44.8 Å². The van der Waals surface area contributed by atoms with Crippen LogP contribution in [0, 0.1) is 0 Å². The second-order valence-corrected chi connectivity index (χ2v) is 9.28. The number of hydrogen-bond donors (Lipinski definition) is 1. The van der Waals surface area contributed by atoms with E-state index in [1.807, 2.05) is 24.3 Å². The molecular weight excluding hydrogens is 372 g/mol. The molecule has 0 aromatic heterocycles. The van der Waals surface area contributed by atoms with Gasteiger partial charge in [-0.1, -0.05) is 37.6 Å². The molecular formula is C22H28N2O3S. The Balaban J connectivity index is 1.59. The summed E-state index contributed by atoms with van der Waals surface area (Å²) in [4.78, 5) is 12.4. The lowest BCUT2D eigenvalue weighted by atomic mass is 10.1. The van der Waals surface area contributed by atoms with Crippen molar-refractivity contribution in [3.8, 4) is 0 Å². The molecule has 1 aliphatic heterocycles. The van der Waals surface area contributed by atoms with E-state index in [9.17, 15) is 13.2 Å². The van der Waals surface area contributed by atoms with Crippen molar-refractivity contribution in [3.05, 3.63) is 65.2 Å². The maximum absolute atomic E-state index is 12.4. The number of nitrogens with zero attached hydrogens (tertiary/aromatic N) is 1. The third kappa shape index (κ3) is 5.42. The Morgan fingerprint density at radius 3 is 2.18 bits per heavy atom. The maximum atomic E-state index is 12.4. The molecule has 0 atom stereocenters. The van der Waals surface area contributed by atoms with E-state index in [2.05, 4.69) is 12.2 Å². The van der Waals surface area contributed by atoms with Crippen LogP contribution < -0.4 is 5.32 Å². The number of carbonyl (C=O) groups excluding carboxylic acids is 1. The van der Waals surface area contributed by atoms with Crippen LogP contribution in [0.5, 0.6) is 0 Å². The molecule has 1 saturated heterocycles. The van der Waals surface area contributed by atoms with E-state index in [4.69, 9.17) is 0 Å². The summed E-state index contributed by atoms with van der Waals surface area (Å²) >= 11 is 0. The molecule has 0 aliphatic carbocycles. The van der Waals surface area contributed by atoms with Crippen molar-refractivity contribution in [3.63, 3.8) is 0 Å². The van der Waals surface area contributed by atoms with Gasteiger partial charge >= 0.3 is 0 Å². The summed E-state index contributed by atoms with van der Waals surface area (Å²) in [6.07, 6.45) is 5.22. The van der Waals surface area contributed by atoms with Crippen LogP contribution in [0.3, 0.4) is 0 Å². The minimum atomic E-state index is -3.27. The number of amides is 1. The Bertz CT molecular complexity index is 884. The van der Waals surface area contributed by atoms with E-state index in [0.29, 0.717) is 24.2 Å². The zero-order chi connectivity index (χ0) is 20.0. The number of carbonyl (C=O) groups is 1. The van der Waals surface area contributed by atoms with Gasteiger partial charge in [0.1, 0.15) is 0 Å². The van der Waals surface area contributed by atoms with Gasteiger partial charge in [-0.2, -0.15) is 0 Å². The Hall–Kier alpha value is -2.18. The lowest BCUT2D eigenvalue weighted by Crippen LogP contribution is -2.29. The van der Waals surface area contributed by atoms with Crippen molar-refractivity contribution in [1.29, 1.82) is 0 Å². The molecule has 1 heterocycles. The highest BCUT2D eigenvalue weighted by atomic mass is 32.2. The molecule has 0 unspecified atom stereocenters. The maximum Gasteiger partial charge on any atom is 0.255 e. The van der Waals surface area contributed by atoms with Gasteiger partial charge in [0.05, 0.1) is 5.75 Å². The summed E-state index contributed by atoms with van der Waals surface area (Å²) in [5.41, 5.74) is 3.23. The molecule has 1 aliphatic rings. The SMILES string of the molecule is CCCCc1ccc(NC(=O)c2ccc(CS(=O)(=O)N3CCCC3)cc2)cc1. The normalized spacial score (nSPS) is 14.9. The molecule has 3 rings (SSSR count). The lowest BCUT2D eigenvalue weighted by Gasteiger charge is -2.15. The Labute approximate surface area is 167 Å². The molecule has 0 saturated carbocycles. The van der Waals surface area contributed by atoms with Crippen molar-refractivity contribution in [2.75, 3.05) is 18.4 Å². The fourth-order valence-electron chi connectivity index (χ4n) is 3.36. The minimum Gasteiger partial charge on any atom is -0.322 e. The standard InChI is InChI=1S/C22H28N2O3S/c1-2-3-6-18-9-13-21(14-10-18)23-22(25)20-11-7-19(8-12-20)17-28(26,27)24-15-4-5-16-24/h7-14H,2-6,15-17H2,1H3,(H,23,25). The summed E-state index contributed by atoms with van der Waals surface area (Å²) in [6, 6.07) is 14.7. The van der Waals surface area contributed by atoms with Crippen molar-refractivity contribution >= 4 is 21.6 Å². The summed E-state index contributed by atoms with van der Waals surface area (Å²) in [6.45, 7) is 3.39. The number of benzene rings is 2. The number of rotatable bonds is 8. The molecule has 2 aromatic rings. The largest absolute Gasteiger partial charge is 0.322 e. The zero-order valence-corrected chi connectivity index (χ0v) is 17.2. The van der Waals surface area contributed by atoms with Gasteiger partial charge in [-0.15, -0.1) is 0 Å². The van der Waals surface area contributed by atoms with E-state index in [1.165, 1.54) is 5.56 Å². The van der Waals surface area contributed by atoms with Crippen molar-refractivity contribution in [1.82, 2.24) is 4.31 Å². The molecule has 1 N–H and O–H groups in total. The Morgan fingerprint density at radius 2 is 1.57 bits per heavy atom. The summed E-state index contributed by atoms with van der Waals surface area (Å²) < 4.78 is 26.4. The van der Waals surface area contributed by atoms with Crippen LogP contribution in [-0.4, -0.2) is 31.7 Å². The van der Waals surface area contributed by atoms with Crippen LogP contribution in [-0.2, 0) is 22.2 Å². The molecule has 2 aromatic carbocycles. The van der Waals surface area contributed by atoms with Gasteiger partial charge in [0.15, 0.2) is 0 Å². The molecule has 1 amide bonds. The predicted molar refractivity (Wildman–Crippen MR) is 113 cm³/mol. The van der Waals surface area contributed by atoms with E-state index in [1.54, 1.807) is 28.6 Å². The van der Waals surface area contributed by atoms with Gasteiger partial charge in [0.2, 0.25) is 10.0 Å². The van der Waals surface area contributed by atoms with E-state index in [0.717, 1.165) is 37.8 Å². The van der Waals surface area contributed by atoms with Gasteiger partial charge in [0.25, 0.3) is 5.91 Å². The first-order valence-corrected chi connectivity index (χ1v) is 11.6. The predicted octanol–water partition coefficient (Wildman–Crippen LogP) is 4.21. The molecule has 0 radical (unpaired) electrons. The highest BCUT2D eigenvalue weighted by Crippen LogP contribution is 2.18. The van der Waals surface area contributed by atoms with Crippen molar-refractivity contribution in [2.24, 2.45) is 0 Å². The average molecular weight is 401 g/mol. The monoisotopic (exact) mass is 400 g/mol. The van der Waals surface area contributed by atoms with Crippen LogP contribution >= 0.6 is 0 Å². The first-order valence-electron chi connectivity index (χ1n) is 9.95. The summed E-state index contributed by atoms with van der Waals surface area (Å²) in [5, 5.41) is 2.89. The summed E-state index contributed by atoms with van der Waals surface area (Å²) in [7, 11) is -3.27. The third-order valence-electron chi connectivity index (χ3n) is 5.05. The second-order valence-electron chi connectivity index (χ2n) is 7.31. The molecule has 5 nitrogen and oxygen atoms in total. The number of sulfonamides is 1. The Morgan fingerprint density at radius 1 is 0.964 bits per heavy atom. The molecule has 6 heteroatoms. The fourth-order valence-corrected chi connectivity index (χ4v) is 4.97. The number of nitrogens with one attached hydrogen (secondary N) is 1. The molecule has 0 spiro atoms. The number of hydrogen-bond acceptors (Lipinski definition) is 3. The zero-order valence-electron chi connectivity index (χ0n) is 16.4. The quantitative estimate of drug-likeness (QED) is 0.722.